The smallest absolute Gasteiger partial charge is 0.164 e. The highest BCUT2D eigenvalue weighted by molar-refractivity contribution is 6.11. The number of hydrogen-bond acceptors (Lipinski definition) is 4. The van der Waals surface area contributed by atoms with Crippen molar-refractivity contribution in [1.82, 2.24) is 19.5 Å². The zero-order chi connectivity index (χ0) is 41.7. The molecule has 0 aliphatic heterocycles. The third kappa shape index (κ3) is 4.67. The summed E-state index contributed by atoms with van der Waals surface area (Å²) < 4.78 is 92.4. The second-order valence-electron chi connectivity index (χ2n) is 11.8. The summed E-state index contributed by atoms with van der Waals surface area (Å²) in [6.07, 6.45) is 0. The van der Waals surface area contributed by atoms with Crippen molar-refractivity contribution in [3.05, 3.63) is 170 Å². The van der Waals surface area contributed by atoms with Gasteiger partial charge in [-0.1, -0.05) is 109 Å². The van der Waals surface area contributed by atoms with Crippen molar-refractivity contribution < 1.29 is 18.1 Å². The molecule has 0 spiro atoms. The number of aromatic nitrogens is 4. The molecule has 3 heterocycles. The van der Waals surface area contributed by atoms with Gasteiger partial charge < -0.3 is 8.98 Å². The maximum atomic E-state index is 8.63. The largest absolute Gasteiger partial charge is 0.456 e. The molecule has 7 aromatic carbocycles. The quantitative estimate of drug-likeness (QED) is 0.186. The van der Waals surface area contributed by atoms with Crippen LogP contribution in [0.2, 0.25) is 0 Å². The highest BCUT2D eigenvalue weighted by Crippen LogP contribution is 2.38. The van der Waals surface area contributed by atoms with Gasteiger partial charge in [0.25, 0.3) is 0 Å². The van der Waals surface area contributed by atoms with Crippen molar-refractivity contribution in [3.63, 3.8) is 0 Å². The Balaban J connectivity index is 1.12. The summed E-state index contributed by atoms with van der Waals surface area (Å²) in [6.45, 7) is 0. The molecule has 50 heavy (non-hydrogen) atoms. The normalized spacial score (nSPS) is 14.4. The second kappa shape index (κ2) is 11.4. The molecule has 0 aliphatic carbocycles. The lowest BCUT2D eigenvalue weighted by atomic mass is 10.0. The number of furan rings is 1. The van der Waals surface area contributed by atoms with Crippen LogP contribution < -0.4 is 0 Å². The summed E-state index contributed by atoms with van der Waals surface area (Å²) >= 11 is 0. The van der Waals surface area contributed by atoms with Gasteiger partial charge in [-0.15, -0.1) is 0 Å². The van der Waals surface area contributed by atoms with Gasteiger partial charge in [0.1, 0.15) is 11.2 Å². The SMILES string of the molecule is [2H]c1c([2H])c([2H])c(-c2nc(-c3ccc4oc5cc(-c6ccc7c(c6)c6ccccc6n7-c6ccccc6)ccc5c4c3)nc(-c3c([2H])c([2H])c([2H])c([2H])c3[2H])n2)c([2H])c1[2H]. The molecule has 0 bridgehead atoms. The van der Waals surface area contributed by atoms with Crippen molar-refractivity contribution in [2.75, 3.05) is 0 Å². The number of hydrogen-bond donors (Lipinski definition) is 0. The van der Waals surface area contributed by atoms with Crippen LogP contribution in [0.25, 0.3) is 94.7 Å². The molecule has 0 saturated carbocycles. The van der Waals surface area contributed by atoms with Crippen LogP contribution in [0.5, 0.6) is 0 Å². The summed E-state index contributed by atoms with van der Waals surface area (Å²) in [7, 11) is 0. The molecule has 234 valence electrons. The molecule has 10 aromatic rings. The van der Waals surface area contributed by atoms with Gasteiger partial charge in [-0.2, -0.15) is 0 Å². The Bertz CT molecular complexity index is 3310. The lowest BCUT2D eigenvalue weighted by molar-refractivity contribution is 0.669. The standard InChI is InChI=1S/C45H28N4O/c1-4-12-29(13-5-1)43-46-44(30-14-6-2-7-15-30)48-45(47-43)33-22-25-41-38(27-33)36-23-20-32(28-42(36)50-41)31-21-24-40-37(26-31)35-18-10-11-19-39(35)49(40)34-16-8-3-9-17-34/h1-28H/i1D,2D,4D,5D,6D,7D,12D,13D,14D,15D. The molecule has 0 aliphatic rings. The van der Waals surface area contributed by atoms with Crippen molar-refractivity contribution in [2.45, 2.75) is 0 Å². The van der Waals surface area contributed by atoms with Crippen LogP contribution in [0, 0.1) is 0 Å². The summed E-state index contributed by atoms with van der Waals surface area (Å²) in [5.74, 6) is -0.682. The molecule has 0 atom stereocenters. The van der Waals surface area contributed by atoms with Gasteiger partial charge in [-0.25, -0.2) is 15.0 Å². The Labute approximate surface area is 301 Å². The topological polar surface area (TPSA) is 56.7 Å². The molecular formula is C45H28N4O. The van der Waals surface area contributed by atoms with E-state index in [-0.39, 0.29) is 28.6 Å². The van der Waals surface area contributed by atoms with E-state index in [4.69, 9.17) is 18.1 Å². The van der Waals surface area contributed by atoms with Gasteiger partial charge in [0.05, 0.1) is 24.7 Å². The zero-order valence-electron chi connectivity index (χ0n) is 36.1. The number of para-hydroxylation sites is 2. The van der Waals surface area contributed by atoms with Crippen LogP contribution in [0.4, 0.5) is 0 Å². The van der Waals surface area contributed by atoms with Gasteiger partial charge in [0.15, 0.2) is 17.5 Å². The number of nitrogens with zero attached hydrogens (tertiary/aromatic N) is 4. The number of benzene rings is 7. The van der Waals surface area contributed by atoms with Crippen LogP contribution >= 0.6 is 0 Å². The average Bonchev–Trinajstić information content (AvgIpc) is 3.81. The van der Waals surface area contributed by atoms with Crippen LogP contribution in [0.1, 0.15) is 13.7 Å². The van der Waals surface area contributed by atoms with Crippen molar-refractivity contribution in [3.8, 4) is 51.0 Å². The zero-order valence-corrected chi connectivity index (χ0v) is 26.1. The van der Waals surface area contributed by atoms with Gasteiger partial charge in [0, 0.05) is 43.9 Å². The highest BCUT2D eigenvalue weighted by atomic mass is 16.3. The second-order valence-corrected chi connectivity index (χ2v) is 11.8. The minimum atomic E-state index is -0.609. The van der Waals surface area contributed by atoms with E-state index in [1.54, 1.807) is 18.2 Å². The maximum Gasteiger partial charge on any atom is 0.164 e. The molecular weight excluding hydrogens is 613 g/mol. The van der Waals surface area contributed by atoms with Crippen molar-refractivity contribution >= 4 is 43.7 Å². The highest BCUT2D eigenvalue weighted by Gasteiger charge is 2.16. The molecule has 0 N–H and O–H groups in total. The van der Waals surface area contributed by atoms with Crippen LogP contribution in [0.3, 0.4) is 0 Å². The average molecular weight is 651 g/mol. The Hall–Kier alpha value is -6.85. The molecule has 5 heteroatoms. The minimum Gasteiger partial charge on any atom is -0.456 e. The fourth-order valence-corrected chi connectivity index (χ4v) is 6.56. The summed E-state index contributed by atoms with van der Waals surface area (Å²) in [6, 6.07) is 30.3. The molecule has 10 rings (SSSR count). The molecule has 5 nitrogen and oxygen atoms in total. The lowest BCUT2D eigenvalue weighted by Gasteiger charge is -2.08. The van der Waals surface area contributed by atoms with Crippen LogP contribution in [-0.4, -0.2) is 19.5 Å². The monoisotopic (exact) mass is 650 g/mol. The Kier molecular flexibility index (Phi) is 4.52. The van der Waals surface area contributed by atoms with Gasteiger partial charge in [-0.3, -0.25) is 0 Å². The van der Waals surface area contributed by atoms with E-state index in [0.717, 1.165) is 44.0 Å². The molecule has 0 unspecified atom stereocenters. The summed E-state index contributed by atoms with van der Waals surface area (Å²) in [4.78, 5) is 13.5. The Morgan fingerprint density at radius 1 is 0.420 bits per heavy atom. The first-order chi connectivity index (χ1) is 28.9. The minimum absolute atomic E-state index is 0.0236. The van der Waals surface area contributed by atoms with E-state index >= 15 is 0 Å². The van der Waals surface area contributed by atoms with Crippen molar-refractivity contribution in [1.29, 1.82) is 0 Å². The first-order valence-electron chi connectivity index (χ1n) is 20.9. The third-order valence-electron chi connectivity index (χ3n) is 8.83. The van der Waals surface area contributed by atoms with E-state index in [1.807, 2.05) is 48.5 Å². The first-order valence-corrected chi connectivity index (χ1v) is 15.9. The molecule has 0 fully saturated rings. The van der Waals surface area contributed by atoms with E-state index in [2.05, 4.69) is 62.0 Å². The fraction of sp³-hybridized carbons (Fsp3) is 0. The molecule has 0 saturated heterocycles. The molecule has 0 radical (unpaired) electrons. The van der Waals surface area contributed by atoms with Crippen LogP contribution in [0.15, 0.2) is 174 Å². The Morgan fingerprint density at radius 3 is 1.74 bits per heavy atom. The number of fused-ring (bicyclic) bond motifs is 6. The predicted octanol–water partition coefficient (Wildman–Crippen LogP) is 11.5. The van der Waals surface area contributed by atoms with E-state index < -0.39 is 60.4 Å². The van der Waals surface area contributed by atoms with Crippen molar-refractivity contribution in [2.24, 2.45) is 0 Å². The Morgan fingerprint density at radius 2 is 1.00 bits per heavy atom. The van der Waals surface area contributed by atoms with E-state index in [1.165, 1.54) is 0 Å². The summed E-state index contributed by atoms with van der Waals surface area (Å²) in [5.41, 5.74) is 6.18. The fourth-order valence-electron chi connectivity index (χ4n) is 6.56. The summed E-state index contributed by atoms with van der Waals surface area (Å²) in [5, 5.41) is 3.76. The third-order valence-corrected chi connectivity index (χ3v) is 8.83. The first kappa shape index (κ1) is 19.8. The van der Waals surface area contributed by atoms with Gasteiger partial charge in [0.2, 0.25) is 0 Å². The number of rotatable bonds is 5. The predicted molar refractivity (Wildman–Crippen MR) is 203 cm³/mol. The molecule has 3 aromatic heterocycles. The van der Waals surface area contributed by atoms with Crippen LogP contribution in [-0.2, 0) is 0 Å². The lowest BCUT2D eigenvalue weighted by Crippen LogP contribution is -2.00. The van der Waals surface area contributed by atoms with E-state index in [9.17, 15) is 0 Å². The van der Waals surface area contributed by atoms with E-state index in [0.29, 0.717) is 22.1 Å². The van der Waals surface area contributed by atoms with Gasteiger partial charge >= 0.3 is 0 Å². The van der Waals surface area contributed by atoms with Gasteiger partial charge in [-0.05, 0) is 71.8 Å². The maximum absolute atomic E-state index is 8.63. The molecule has 0 amide bonds.